The first-order valence-electron chi connectivity index (χ1n) is 10.0. The molecule has 174 valence electrons. The molecule has 0 aliphatic carbocycles. The van der Waals surface area contributed by atoms with E-state index in [1.54, 1.807) is 25.1 Å². The molecule has 3 aromatic carbocycles. The van der Waals surface area contributed by atoms with Crippen molar-refractivity contribution in [3.05, 3.63) is 82.9 Å². The maximum atomic E-state index is 14.0. The van der Waals surface area contributed by atoms with Gasteiger partial charge in [0.15, 0.2) is 0 Å². The Kier molecular flexibility index (Phi) is 7.02. The van der Waals surface area contributed by atoms with Gasteiger partial charge in [-0.25, -0.2) is 17.2 Å². The third kappa shape index (κ3) is 5.48. The van der Waals surface area contributed by atoms with Crippen LogP contribution in [0.5, 0.6) is 5.75 Å². The second-order valence-corrected chi connectivity index (χ2v) is 9.51. The molecule has 0 saturated carbocycles. The Hall–Kier alpha value is -3.46. The number of hydrogen-bond acceptors (Lipinski definition) is 4. The van der Waals surface area contributed by atoms with Crippen molar-refractivity contribution >= 4 is 27.3 Å². The van der Waals surface area contributed by atoms with Crippen LogP contribution < -0.4 is 14.4 Å². The summed E-state index contributed by atoms with van der Waals surface area (Å²) in [6, 6.07) is 12.6. The van der Waals surface area contributed by atoms with Crippen molar-refractivity contribution in [2.75, 3.05) is 23.3 Å². The molecule has 33 heavy (non-hydrogen) atoms. The van der Waals surface area contributed by atoms with Crippen LogP contribution in [0.2, 0.25) is 0 Å². The Labute approximate surface area is 191 Å². The molecule has 1 N–H and O–H groups in total. The molecule has 0 heterocycles. The largest absolute Gasteiger partial charge is 0.495 e. The van der Waals surface area contributed by atoms with E-state index in [-0.39, 0.29) is 22.0 Å². The van der Waals surface area contributed by atoms with Crippen LogP contribution in [0, 0.1) is 32.4 Å². The fourth-order valence-electron chi connectivity index (χ4n) is 3.42. The summed E-state index contributed by atoms with van der Waals surface area (Å²) in [5.41, 5.74) is 2.29. The predicted molar refractivity (Wildman–Crippen MR) is 123 cm³/mol. The van der Waals surface area contributed by atoms with E-state index in [1.165, 1.54) is 19.2 Å². The Morgan fingerprint density at radius 1 is 0.939 bits per heavy atom. The number of rotatable bonds is 7. The molecule has 1 amide bonds. The number of ether oxygens (including phenoxy) is 1. The number of carbonyl (C=O) groups is 1. The molecule has 0 bridgehead atoms. The number of aryl methyl sites for hydroxylation is 3. The Morgan fingerprint density at radius 3 is 2.21 bits per heavy atom. The van der Waals surface area contributed by atoms with Gasteiger partial charge in [-0.2, -0.15) is 0 Å². The van der Waals surface area contributed by atoms with Gasteiger partial charge in [-0.05, 0) is 73.9 Å². The standard InChI is InChI=1S/C24H24F2N2O4S/c1-15-5-8-22(32-4)23(12-15)33(30,31)28(19-10-16(2)9-17(3)11-19)14-24(29)27-21-7-6-18(25)13-20(21)26/h5-13H,14H2,1-4H3,(H,27,29). The van der Waals surface area contributed by atoms with Crippen LogP contribution in [0.1, 0.15) is 16.7 Å². The van der Waals surface area contributed by atoms with E-state index in [9.17, 15) is 22.0 Å². The first-order valence-corrected chi connectivity index (χ1v) is 11.5. The lowest BCUT2D eigenvalue weighted by molar-refractivity contribution is -0.114. The van der Waals surface area contributed by atoms with E-state index >= 15 is 0 Å². The molecular weight excluding hydrogens is 450 g/mol. The van der Waals surface area contributed by atoms with Gasteiger partial charge in [-0.1, -0.05) is 12.1 Å². The lowest BCUT2D eigenvalue weighted by Gasteiger charge is -2.26. The van der Waals surface area contributed by atoms with Gasteiger partial charge in [0.25, 0.3) is 10.0 Å². The van der Waals surface area contributed by atoms with E-state index in [2.05, 4.69) is 5.32 Å². The maximum Gasteiger partial charge on any atom is 0.268 e. The monoisotopic (exact) mass is 474 g/mol. The number of amides is 1. The lowest BCUT2D eigenvalue weighted by Crippen LogP contribution is -2.38. The van der Waals surface area contributed by atoms with Gasteiger partial charge in [-0.15, -0.1) is 0 Å². The quantitative estimate of drug-likeness (QED) is 0.537. The zero-order valence-corrected chi connectivity index (χ0v) is 19.5. The molecule has 0 atom stereocenters. The third-order valence-electron chi connectivity index (χ3n) is 4.87. The first-order chi connectivity index (χ1) is 15.5. The highest BCUT2D eigenvalue weighted by Crippen LogP contribution is 2.32. The Morgan fingerprint density at radius 2 is 1.61 bits per heavy atom. The average Bonchev–Trinajstić information content (AvgIpc) is 2.73. The number of hydrogen-bond donors (Lipinski definition) is 1. The van der Waals surface area contributed by atoms with Crippen LogP contribution in [-0.2, 0) is 14.8 Å². The number of methoxy groups -OCH3 is 1. The highest BCUT2D eigenvalue weighted by Gasteiger charge is 2.30. The van der Waals surface area contributed by atoms with E-state index in [1.807, 2.05) is 19.9 Å². The van der Waals surface area contributed by atoms with Crippen molar-refractivity contribution in [1.29, 1.82) is 0 Å². The van der Waals surface area contributed by atoms with E-state index < -0.39 is 34.1 Å². The lowest BCUT2D eigenvalue weighted by atomic mass is 10.1. The van der Waals surface area contributed by atoms with Crippen molar-refractivity contribution in [2.24, 2.45) is 0 Å². The van der Waals surface area contributed by atoms with Crippen molar-refractivity contribution in [3.8, 4) is 5.75 Å². The average molecular weight is 475 g/mol. The van der Waals surface area contributed by atoms with Gasteiger partial charge in [0.2, 0.25) is 5.91 Å². The Balaban J connectivity index is 2.07. The second kappa shape index (κ2) is 9.58. The maximum absolute atomic E-state index is 14.0. The number of sulfonamides is 1. The molecule has 0 aliphatic rings. The number of nitrogens with one attached hydrogen (secondary N) is 1. The van der Waals surface area contributed by atoms with Crippen molar-refractivity contribution in [2.45, 2.75) is 25.7 Å². The zero-order valence-electron chi connectivity index (χ0n) is 18.6. The number of benzene rings is 3. The van der Waals surface area contributed by atoms with Gasteiger partial charge in [0.05, 0.1) is 18.5 Å². The minimum Gasteiger partial charge on any atom is -0.495 e. The fourth-order valence-corrected chi connectivity index (χ4v) is 5.07. The first kappa shape index (κ1) is 24.2. The minimum atomic E-state index is -4.26. The van der Waals surface area contributed by atoms with Crippen molar-refractivity contribution < 1.29 is 26.7 Å². The minimum absolute atomic E-state index is 0.107. The second-order valence-electron chi connectivity index (χ2n) is 7.68. The number of halogens is 2. The summed E-state index contributed by atoms with van der Waals surface area (Å²) in [7, 11) is -2.91. The van der Waals surface area contributed by atoms with Crippen molar-refractivity contribution in [3.63, 3.8) is 0 Å². The summed E-state index contributed by atoms with van der Waals surface area (Å²) in [4.78, 5) is 12.7. The van der Waals surface area contributed by atoms with Crippen LogP contribution in [0.3, 0.4) is 0 Å². The molecule has 0 spiro atoms. The van der Waals surface area contributed by atoms with Crippen LogP contribution in [-0.4, -0.2) is 28.0 Å². The zero-order chi connectivity index (χ0) is 24.3. The van der Waals surface area contributed by atoms with Gasteiger partial charge >= 0.3 is 0 Å². The predicted octanol–water partition coefficient (Wildman–Crippen LogP) is 4.73. The molecule has 0 fully saturated rings. The molecule has 3 aromatic rings. The van der Waals surface area contributed by atoms with Crippen LogP contribution >= 0.6 is 0 Å². The molecular formula is C24H24F2N2O4S. The molecule has 6 nitrogen and oxygen atoms in total. The Bertz CT molecular complexity index is 1290. The molecule has 0 aliphatic heterocycles. The number of nitrogens with zero attached hydrogens (tertiary/aromatic N) is 1. The van der Waals surface area contributed by atoms with Crippen LogP contribution in [0.4, 0.5) is 20.2 Å². The summed E-state index contributed by atoms with van der Waals surface area (Å²) in [5, 5.41) is 2.31. The van der Waals surface area contributed by atoms with Gasteiger partial charge in [0, 0.05) is 6.07 Å². The van der Waals surface area contributed by atoms with E-state index in [0.29, 0.717) is 11.6 Å². The normalized spacial score (nSPS) is 11.2. The summed E-state index contributed by atoms with van der Waals surface area (Å²) >= 11 is 0. The van der Waals surface area contributed by atoms with Gasteiger partial charge < -0.3 is 10.1 Å². The van der Waals surface area contributed by atoms with E-state index in [4.69, 9.17) is 4.74 Å². The summed E-state index contributed by atoms with van der Waals surface area (Å²) in [6.45, 7) is 4.72. The van der Waals surface area contributed by atoms with Crippen LogP contribution in [0.15, 0.2) is 59.5 Å². The van der Waals surface area contributed by atoms with Gasteiger partial charge in [0.1, 0.15) is 28.8 Å². The molecule has 0 aromatic heterocycles. The molecule has 0 unspecified atom stereocenters. The summed E-state index contributed by atoms with van der Waals surface area (Å²) in [6.07, 6.45) is 0. The smallest absolute Gasteiger partial charge is 0.268 e. The highest BCUT2D eigenvalue weighted by atomic mass is 32.2. The van der Waals surface area contributed by atoms with Crippen molar-refractivity contribution in [1.82, 2.24) is 0 Å². The molecule has 0 saturated heterocycles. The molecule has 9 heteroatoms. The number of anilines is 2. The number of carbonyl (C=O) groups excluding carboxylic acids is 1. The fraction of sp³-hybridized carbons (Fsp3) is 0.208. The molecule has 3 rings (SSSR count). The third-order valence-corrected chi connectivity index (χ3v) is 6.67. The summed E-state index contributed by atoms with van der Waals surface area (Å²) < 4.78 is 60.9. The molecule has 0 radical (unpaired) electrons. The van der Waals surface area contributed by atoms with E-state index in [0.717, 1.165) is 27.6 Å². The topological polar surface area (TPSA) is 75.7 Å². The summed E-state index contributed by atoms with van der Waals surface area (Å²) in [5.74, 6) is -2.43. The van der Waals surface area contributed by atoms with Crippen LogP contribution in [0.25, 0.3) is 0 Å². The SMILES string of the molecule is COc1ccc(C)cc1S(=O)(=O)N(CC(=O)Nc1ccc(F)cc1F)c1cc(C)cc(C)c1. The highest BCUT2D eigenvalue weighted by molar-refractivity contribution is 7.93. The van der Waals surface area contributed by atoms with Gasteiger partial charge in [-0.3, -0.25) is 9.10 Å².